The van der Waals surface area contributed by atoms with Crippen molar-refractivity contribution in [2.75, 3.05) is 18.6 Å². The molecule has 25 heavy (non-hydrogen) atoms. The van der Waals surface area contributed by atoms with Crippen LogP contribution in [0.5, 0.6) is 5.75 Å². The van der Waals surface area contributed by atoms with Crippen LogP contribution in [0.1, 0.15) is 23.6 Å². The van der Waals surface area contributed by atoms with E-state index in [0.717, 1.165) is 28.1 Å². The van der Waals surface area contributed by atoms with Crippen molar-refractivity contribution in [3.8, 4) is 5.75 Å². The molecule has 0 radical (unpaired) electrons. The number of amides is 2. The molecule has 0 spiro atoms. The van der Waals surface area contributed by atoms with Gasteiger partial charge in [0.25, 0.3) is 0 Å². The van der Waals surface area contributed by atoms with Crippen molar-refractivity contribution in [3.63, 3.8) is 0 Å². The van der Waals surface area contributed by atoms with Gasteiger partial charge in [-0.25, -0.2) is 0 Å². The first-order valence-electron chi connectivity index (χ1n) is 8.16. The summed E-state index contributed by atoms with van der Waals surface area (Å²) in [5, 5.41) is 2.86. The van der Waals surface area contributed by atoms with E-state index in [9.17, 15) is 9.59 Å². The summed E-state index contributed by atoms with van der Waals surface area (Å²) in [5.74, 6) is 0.415. The molecule has 2 rings (SSSR count). The Labute approximate surface area is 148 Å². The summed E-state index contributed by atoms with van der Waals surface area (Å²) in [6, 6.07) is 13.3. The number of carbonyl (C=O) groups excluding carboxylic acids is 2. The van der Waals surface area contributed by atoms with Crippen molar-refractivity contribution >= 4 is 17.5 Å². The van der Waals surface area contributed by atoms with Gasteiger partial charge in [-0.1, -0.05) is 30.3 Å². The summed E-state index contributed by atoms with van der Waals surface area (Å²) in [5.41, 5.74) is 3.71. The van der Waals surface area contributed by atoms with E-state index in [0.29, 0.717) is 6.54 Å². The third-order valence-corrected chi connectivity index (χ3v) is 4.04. The third kappa shape index (κ3) is 4.83. The summed E-state index contributed by atoms with van der Waals surface area (Å²) in [4.78, 5) is 25.9. The maximum absolute atomic E-state index is 12.3. The minimum Gasteiger partial charge on any atom is -0.497 e. The predicted octanol–water partition coefficient (Wildman–Crippen LogP) is 2.98. The molecular weight excluding hydrogens is 316 g/mol. The fourth-order valence-electron chi connectivity index (χ4n) is 2.72. The highest BCUT2D eigenvalue weighted by Crippen LogP contribution is 2.24. The lowest BCUT2D eigenvalue weighted by Gasteiger charge is -2.24. The number of hydrogen-bond donors (Lipinski definition) is 1. The van der Waals surface area contributed by atoms with Gasteiger partial charge >= 0.3 is 0 Å². The zero-order valence-electron chi connectivity index (χ0n) is 15.1. The number of para-hydroxylation sites is 1. The Morgan fingerprint density at radius 3 is 2.16 bits per heavy atom. The van der Waals surface area contributed by atoms with Crippen LogP contribution < -0.4 is 15.0 Å². The number of aryl methyl sites for hydroxylation is 2. The fourth-order valence-corrected chi connectivity index (χ4v) is 2.72. The zero-order valence-corrected chi connectivity index (χ0v) is 15.1. The maximum Gasteiger partial charge on any atom is 0.240 e. The molecule has 2 aromatic carbocycles. The molecule has 0 aromatic heterocycles. The van der Waals surface area contributed by atoms with E-state index in [1.165, 1.54) is 11.8 Å². The number of hydrogen-bond acceptors (Lipinski definition) is 3. The van der Waals surface area contributed by atoms with E-state index in [4.69, 9.17) is 4.74 Å². The topological polar surface area (TPSA) is 58.6 Å². The lowest BCUT2D eigenvalue weighted by Crippen LogP contribution is -2.40. The van der Waals surface area contributed by atoms with Gasteiger partial charge in [-0.05, 0) is 42.7 Å². The molecule has 132 valence electrons. The SMILES string of the molecule is COc1ccc(CNC(=O)CN(C(C)=O)c2c(C)cccc2C)cc1. The molecule has 1 N–H and O–H groups in total. The average molecular weight is 340 g/mol. The third-order valence-electron chi connectivity index (χ3n) is 4.04. The summed E-state index contributed by atoms with van der Waals surface area (Å²) in [6.45, 7) is 5.75. The second-order valence-corrected chi connectivity index (χ2v) is 5.97. The first-order chi connectivity index (χ1) is 11.9. The molecule has 2 aromatic rings. The molecule has 5 nitrogen and oxygen atoms in total. The van der Waals surface area contributed by atoms with Crippen molar-refractivity contribution in [1.29, 1.82) is 0 Å². The Kier molecular flexibility index (Phi) is 6.17. The summed E-state index contributed by atoms with van der Waals surface area (Å²) >= 11 is 0. The van der Waals surface area contributed by atoms with Crippen LogP contribution in [0.3, 0.4) is 0 Å². The monoisotopic (exact) mass is 340 g/mol. The van der Waals surface area contributed by atoms with Crippen molar-refractivity contribution in [1.82, 2.24) is 5.32 Å². The van der Waals surface area contributed by atoms with Crippen LogP contribution in [-0.4, -0.2) is 25.5 Å². The van der Waals surface area contributed by atoms with E-state index in [2.05, 4.69) is 5.32 Å². The molecular formula is C20H24N2O3. The molecule has 0 saturated carbocycles. The number of nitrogens with one attached hydrogen (secondary N) is 1. The summed E-state index contributed by atoms with van der Waals surface area (Å²) < 4.78 is 5.11. The Morgan fingerprint density at radius 1 is 1.04 bits per heavy atom. The van der Waals surface area contributed by atoms with Gasteiger partial charge in [-0.2, -0.15) is 0 Å². The Hall–Kier alpha value is -2.82. The highest BCUT2D eigenvalue weighted by molar-refractivity contribution is 5.98. The van der Waals surface area contributed by atoms with Gasteiger partial charge in [0.2, 0.25) is 11.8 Å². The van der Waals surface area contributed by atoms with Gasteiger partial charge in [0.1, 0.15) is 12.3 Å². The largest absolute Gasteiger partial charge is 0.497 e. The first-order valence-corrected chi connectivity index (χ1v) is 8.16. The smallest absolute Gasteiger partial charge is 0.240 e. The fraction of sp³-hybridized carbons (Fsp3) is 0.300. The standard InChI is InChI=1S/C20H24N2O3/c1-14-6-5-7-15(2)20(14)22(16(3)23)13-19(24)21-12-17-8-10-18(25-4)11-9-17/h5-11H,12-13H2,1-4H3,(H,21,24). The molecule has 0 aliphatic heterocycles. The average Bonchev–Trinajstić information content (AvgIpc) is 2.59. The van der Waals surface area contributed by atoms with Gasteiger partial charge in [0.05, 0.1) is 12.8 Å². The number of rotatable bonds is 6. The molecule has 0 unspecified atom stereocenters. The molecule has 0 bridgehead atoms. The molecule has 0 fully saturated rings. The Bertz CT molecular complexity index is 734. The van der Waals surface area contributed by atoms with Crippen molar-refractivity contribution < 1.29 is 14.3 Å². The van der Waals surface area contributed by atoms with Crippen molar-refractivity contribution in [2.24, 2.45) is 0 Å². The van der Waals surface area contributed by atoms with Crippen molar-refractivity contribution in [2.45, 2.75) is 27.3 Å². The molecule has 0 atom stereocenters. The lowest BCUT2D eigenvalue weighted by atomic mass is 10.1. The molecule has 0 saturated heterocycles. The van der Waals surface area contributed by atoms with E-state index >= 15 is 0 Å². The van der Waals surface area contributed by atoms with Gasteiger partial charge < -0.3 is 15.0 Å². The normalized spacial score (nSPS) is 10.2. The van der Waals surface area contributed by atoms with Crippen LogP contribution in [0.25, 0.3) is 0 Å². The van der Waals surface area contributed by atoms with Gasteiger partial charge in [0.15, 0.2) is 0 Å². The zero-order chi connectivity index (χ0) is 18.4. The van der Waals surface area contributed by atoms with E-state index in [1.54, 1.807) is 7.11 Å². The van der Waals surface area contributed by atoms with E-state index in [1.807, 2.05) is 56.3 Å². The summed E-state index contributed by atoms with van der Waals surface area (Å²) in [7, 11) is 1.61. The van der Waals surface area contributed by atoms with Crippen LogP contribution in [0.15, 0.2) is 42.5 Å². The number of anilines is 1. The number of carbonyl (C=O) groups is 2. The maximum atomic E-state index is 12.3. The Balaban J connectivity index is 2.04. The molecule has 2 amide bonds. The number of benzene rings is 2. The quantitative estimate of drug-likeness (QED) is 0.879. The van der Waals surface area contributed by atoms with Crippen LogP contribution in [0.2, 0.25) is 0 Å². The van der Waals surface area contributed by atoms with Crippen LogP contribution in [0.4, 0.5) is 5.69 Å². The predicted molar refractivity (Wildman–Crippen MR) is 98.8 cm³/mol. The highest BCUT2D eigenvalue weighted by Gasteiger charge is 2.19. The minimum atomic E-state index is -0.200. The van der Waals surface area contributed by atoms with Crippen LogP contribution >= 0.6 is 0 Å². The van der Waals surface area contributed by atoms with E-state index < -0.39 is 0 Å². The molecule has 0 aliphatic rings. The lowest BCUT2D eigenvalue weighted by molar-refractivity contribution is -0.123. The second kappa shape index (κ2) is 8.33. The molecule has 0 heterocycles. The number of methoxy groups -OCH3 is 1. The minimum absolute atomic E-state index is 0.00280. The van der Waals surface area contributed by atoms with Crippen LogP contribution in [0, 0.1) is 13.8 Å². The van der Waals surface area contributed by atoms with Crippen molar-refractivity contribution in [3.05, 3.63) is 59.2 Å². The highest BCUT2D eigenvalue weighted by atomic mass is 16.5. The molecule has 5 heteroatoms. The Morgan fingerprint density at radius 2 is 1.64 bits per heavy atom. The van der Waals surface area contributed by atoms with Gasteiger partial charge in [-0.3, -0.25) is 9.59 Å². The van der Waals surface area contributed by atoms with Gasteiger partial charge in [0, 0.05) is 13.5 Å². The second-order valence-electron chi connectivity index (χ2n) is 5.97. The van der Waals surface area contributed by atoms with Gasteiger partial charge in [-0.15, -0.1) is 0 Å². The molecule has 0 aliphatic carbocycles. The first kappa shape index (κ1) is 18.5. The number of ether oxygens (including phenoxy) is 1. The van der Waals surface area contributed by atoms with Crippen LogP contribution in [-0.2, 0) is 16.1 Å². The summed E-state index contributed by atoms with van der Waals surface area (Å²) in [6.07, 6.45) is 0. The number of nitrogens with zero attached hydrogens (tertiary/aromatic N) is 1. The van der Waals surface area contributed by atoms with E-state index in [-0.39, 0.29) is 18.4 Å².